The quantitative estimate of drug-likeness (QED) is 0.741. The number of halogens is 2. The topological polar surface area (TPSA) is 73.0 Å². The van der Waals surface area contributed by atoms with E-state index in [1.54, 1.807) is 0 Å². The van der Waals surface area contributed by atoms with Crippen molar-refractivity contribution in [3.8, 4) is 0 Å². The van der Waals surface area contributed by atoms with Gasteiger partial charge in [-0.05, 0) is 30.2 Å². The minimum absolute atomic E-state index is 0. The highest BCUT2D eigenvalue weighted by Crippen LogP contribution is 2.30. The molecule has 3 heterocycles. The Bertz CT molecular complexity index is 777. The van der Waals surface area contributed by atoms with E-state index in [-0.39, 0.29) is 30.7 Å². The Morgan fingerprint density at radius 3 is 2.92 bits per heavy atom. The van der Waals surface area contributed by atoms with Crippen molar-refractivity contribution in [2.75, 3.05) is 18.4 Å². The summed E-state index contributed by atoms with van der Waals surface area (Å²) >= 11 is 0. The maximum Gasteiger partial charge on any atom is 0.276 e. The molecule has 0 saturated carbocycles. The lowest BCUT2D eigenvalue weighted by Gasteiger charge is -2.14. The third-order valence-corrected chi connectivity index (χ3v) is 4.86. The van der Waals surface area contributed by atoms with E-state index in [9.17, 15) is 4.79 Å². The standard InChI is InChI=1S/C18H23N5O.2ClH/c1-2-8-23-10-12-4-3-5-15(14(12)11-23)20-18(24)17-13-9-19-7-6-16(13)21-22-17;;/h3-5,19H,2,6-11H2,1H3,(H,20,24)(H,21,22);2*1H. The number of hydrogen-bond acceptors (Lipinski definition) is 4. The molecule has 8 heteroatoms. The van der Waals surface area contributed by atoms with E-state index in [0.717, 1.165) is 56.0 Å². The lowest BCUT2D eigenvalue weighted by atomic mass is 10.1. The second-order valence-electron chi connectivity index (χ2n) is 6.56. The van der Waals surface area contributed by atoms with Gasteiger partial charge in [-0.25, -0.2) is 0 Å². The summed E-state index contributed by atoms with van der Waals surface area (Å²) in [7, 11) is 0. The largest absolute Gasteiger partial charge is 0.320 e. The maximum atomic E-state index is 12.7. The number of nitrogens with zero attached hydrogens (tertiary/aromatic N) is 2. The number of aromatic nitrogens is 2. The number of hydrogen-bond donors (Lipinski definition) is 3. The van der Waals surface area contributed by atoms with E-state index in [4.69, 9.17) is 0 Å². The van der Waals surface area contributed by atoms with Gasteiger partial charge in [0, 0.05) is 49.5 Å². The van der Waals surface area contributed by atoms with Crippen LogP contribution in [0.4, 0.5) is 5.69 Å². The second-order valence-corrected chi connectivity index (χ2v) is 6.56. The van der Waals surface area contributed by atoms with Crippen LogP contribution in [-0.4, -0.2) is 34.1 Å². The zero-order chi connectivity index (χ0) is 16.5. The average molecular weight is 398 g/mol. The van der Waals surface area contributed by atoms with Crippen molar-refractivity contribution in [2.24, 2.45) is 0 Å². The number of carbonyl (C=O) groups is 1. The Morgan fingerprint density at radius 2 is 2.12 bits per heavy atom. The van der Waals surface area contributed by atoms with Gasteiger partial charge in [-0.3, -0.25) is 14.8 Å². The molecule has 0 unspecified atom stereocenters. The molecule has 0 saturated heterocycles. The number of H-pyrrole nitrogens is 1. The first kappa shape index (κ1) is 20.7. The van der Waals surface area contributed by atoms with Crippen LogP contribution in [0.5, 0.6) is 0 Å². The van der Waals surface area contributed by atoms with Crippen LogP contribution in [0.15, 0.2) is 18.2 Å². The van der Waals surface area contributed by atoms with Crippen molar-refractivity contribution >= 4 is 36.4 Å². The normalized spacial score (nSPS) is 15.4. The van der Waals surface area contributed by atoms with Gasteiger partial charge < -0.3 is 10.6 Å². The molecule has 1 aromatic carbocycles. The molecule has 0 spiro atoms. The SMILES string of the molecule is CCCN1Cc2cccc(NC(=O)c3n[nH]c4c3CNCC4)c2C1.Cl.Cl. The van der Waals surface area contributed by atoms with Crippen LogP contribution >= 0.6 is 24.8 Å². The van der Waals surface area contributed by atoms with E-state index < -0.39 is 0 Å². The number of benzene rings is 1. The van der Waals surface area contributed by atoms with Gasteiger partial charge in [0.25, 0.3) is 5.91 Å². The molecule has 1 amide bonds. The number of rotatable bonds is 4. The third kappa shape index (κ3) is 3.88. The molecule has 26 heavy (non-hydrogen) atoms. The van der Waals surface area contributed by atoms with Crippen LogP contribution in [0.1, 0.15) is 46.2 Å². The van der Waals surface area contributed by atoms with Crippen LogP contribution < -0.4 is 10.6 Å². The summed E-state index contributed by atoms with van der Waals surface area (Å²) in [5.41, 5.74) is 6.05. The van der Waals surface area contributed by atoms with Gasteiger partial charge in [0.05, 0.1) is 0 Å². The number of fused-ring (bicyclic) bond motifs is 2. The van der Waals surface area contributed by atoms with E-state index >= 15 is 0 Å². The molecule has 0 fully saturated rings. The number of amides is 1. The number of nitrogens with one attached hydrogen (secondary N) is 3. The van der Waals surface area contributed by atoms with Gasteiger partial charge >= 0.3 is 0 Å². The Kier molecular flexibility index (Phi) is 7.06. The average Bonchev–Trinajstić information content (AvgIpc) is 3.19. The molecule has 2 aliphatic heterocycles. The Balaban J connectivity index is 0.00000121. The van der Waals surface area contributed by atoms with Gasteiger partial charge in [0.15, 0.2) is 5.69 Å². The minimum atomic E-state index is -0.126. The summed E-state index contributed by atoms with van der Waals surface area (Å²) in [6.07, 6.45) is 2.03. The van der Waals surface area contributed by atoms with Crippen LogP contribution in [0, 0.1) is 0 Å². The molecular formula is C18H25Cl2N5O. The van der Waals surface area contributed by atoms with E-state index in [1.807, 2.05) is 12.1 Å². The lowest BCUT2D eigenvalue weighted by Crippen LogP contribution is -2.25. The summed E-state index contributed by atoms with van der Waals surface area (Å²) in [5, 5.41) is 13.6. The number of aromatic amines is 1. The van der Waals surface area contributed by atoms with Crippen molar-refractivity contribution in [1.82, 2.24) is 20.4 Å². The first-order chi connectivity index (χ1) is 11.8. The van der Waals surface area contributed by atoms with Crippen molar-refractivity contribution in [1.29, 1.82) is 0 Å². The molecule has 0 radical (unpaired) electrons. The van der Waals surface area contributed by atoms with Crippen molar-refractivity contribution in [2.45, 2.75) is 39.4 Å². The molecule has 2 aromatic rings. The zero-order valence-electron chi connectivity index (χ0n) is 14.8. The third-order valence-electron chi connectivity index (χ3n) is 4.86. The highest BCUT2D eigenvalue weighted by atomic mass is 35.5. The van der Waals surface area contributed by atoms with E-state index in [1.165, 1.54) is 11.1 Å². The minimum Gasteiger partial charge on any atom is -0.320 e. The van der Waals surface area contributed by atoms with E-state index in [2.05, 4.69) is 38.7 Å². The molecule has 0 bridgehead atoms. The monoisotopic (exact) mass is 397 g/mol. The first-order valence-corrected chi connectivity index (χ1v) is 8.67. The summed E-state index contributed by atoms with van der Waals surface area (Å²) in [5.74, 6) is -0.126. The van der Waals surface area contributed by atoms with Crippen LogP contribution in [0.2, 0.25) is 0 Å². The predicted molar refractivity (Wildman–Crippen MR) is 107 cm³/mol. The van der Waals surface area contributed by atoms with Gasteiger partial charge in [0.2, 0.25) is 0 Å². The predicted octanol–water partition coefficient (Wildman–Crippen LogP) is 2.88. The molecule has 0 aliphatic carbocycles. The fourth-order valence-electron chi connectivity index (χ4n) is 3.68. The summed E-state index contributed by atoms with van der Waals surface area (Å²) < 4.78 is 0. The van der Waals surface area contributed by atoms with Gasteiger partial charge in [-0.2, -0.15) is 5.10 Å². The zero-order valence-corrected chi connectivity index (χ0v) is 16.4. The number of carbonyl (C=O) groups excluding carboxylic acids is 1. The maximum absolute atomic E-state index is 12.7. The van der Waals surface area contributed by atoms with Crippen LogP contribution in [0.25, 0.3) is 0 Å². The molecular weight excluding hydrogens is 373 g/mol. The fraction of sp³-hybridized carbons (Fsp3) is 0.444. The van der Waals surface area contributed by atoms with Gasteiger partial charge in [0.1, 0.15) is 0 Å². The summed E-state index contributed by atoms with van der Waals surface area (Å²) in [4.78, 5) is 15.1. The van der Waals surface area contributed by atoms with E-state index in [0.29, 0.717) is 12.2 Å². The van der Waals surface area contributed by atoms with Crippen molar-refractivity contribution < 1.29 is 4.79 Å². The molecule has 1 aromatic heterocycles. The summed E-state index contributed by atoms with van der Waals surface area (Å²) in [6.45, 7) is 6.77. The smallest absolute Gasteiger partial charge is 0.276 e. The molecule has 0 atom stereocenters. The van der Waals surface area contributed by atoms with Gasteiger partial charge in [-0.1, -0.05) is 19.1 Å². The highest BCUT2D eigenvalue weighted by molar-refractivity contribution is 6.04. The Hall–Kier alpha value is -1.60. The molecule has 3 N–H and O–H groups in total. The van der Waals surface area contributed by atoms with Crippen molar-refractivity contribution in [3.63, 3.8) is 0 Å². The van der Waals surface area contributed by atoms with Crippen LogP contribution in [-0.2, 0) is 26.1 Å². The Labute approximate surface area is 165 Å². The Morgan fingerprint density at radius 1 is 1.27 bits per heavy atom. The molecule has 4 rings (SSSR count). The molecule has 142 valence electrons. The lowest BCUT2D eigenvalue weighted by molar-refractivity contribution is 0.102. The highest BCUT2D eigenvalue weighted by Gasteiger charge is 2.25. The molecule has 6 nitrogen and oxygen atoms in total. The van der Waals surface area contributed by atoms with Crippen molar-refractivity contribution in [3.05, 3.63) is 46.3 Å². The molecule has 2 aliphatic rings. The van der Waals surface area contributed by atoms with Gasteiger partial charge in [-0.15, -0.1) is 24.8 Å². The summed E-state index contributed by atoms with van der Waals surface area (Å²) in [6, 6.07) is 6.16. The van der Waals surface area contributed by atoms with Crippen LogP contribution in [0.3, 0.4) is 0 Å². The number of anilines is 1. The fourth-order valence-corrected chi connectivity index (χ4v) is 3.68. The first-order valence-electron chi connectivity index (χ1n) is 8.67. The second kappa shape index (κ2) is 8.86.